The van der Waals surface area contributed by atoms with E-state index in [1.165, 1.54) is 4.90 Å². The summed E-state index contributed by atoms with van der Waals surface area (Å²) in [5, 5.41) is 0. The Morgan fingerprint density at radius 1 is 1.40 bits per heavy atom. The van der Waals surface area contributed by atoms with E-state index in [0.717, 1.165) is 18.6 Å². The lowest BCUT2D eigenvalue weighted by Gasteiger charge is -2.14. The molecule has 0 heterocycles. The smallest absolute Gasteiger partial charge is 0.0307 e. The molecule has 0 aromatic heterocycles. The summed E-state index contributed by atoms with van der Waals surface area (Å²) in [6.07, 6.45) is 3.97. The molecule has 0 bridgehead atoms. The molecule has 3 N–H and O–H groups in total. The molecule has 0 radical (unpaired) electrons. The number of rotatable bonds is 7. The fourth-order valence-corrected chi connectivity index (χ4v) is 2.25. The van der Waals surface area contributed by atoms with Crippen molar-refractivity contribution in [1.29, 1.82) is 0 Å². The van der Waals surface area contributed by atoms with Crippen LogP contribution in [0.15, 0.2) is 47.9 Å². The van der Waals surface area contributed by atoms with Crippen molar-refractivity contribution < 1.29 is 0 Å². The zero-order valence-electron chi connectivity index (χ0n) is 8.86. The predicted molar refractivity (Wildman–Crippen MR) is 67.7 cm³/mol. The maximum absolute atomic E-state index is 5.48. The van der Waals surface area contributed by atoms with Crippen LogP contribution < -0.4 is 11.3 Å². The topological polar surface area (TPSA) is 38.0 Å². The van der Waals surface area contributed by atoms with E-state index in [1.807, 2.05) is 23.9 Å². The molecule has 0 saturated heterocycles. The molecule has 15 heavy (non-hydrogen) atoms. The third-order valence-corrected chi connectivity index (χ3v) is 3.32. The minimum atomic E-state index is 0.355. The van der Waals surface area contributed by atoms with Crippen molar-refractivity contribution >= 4 is 11.8 Å². The average Bonchev–Trinajstić information content (AvgIpc) is 2.31. The zero-order chi connectivity index (χ0) is 10.9. The lowest BCUT2D eigenvalue weighted by molar-refractivity contribution is 0.544. The normalized spacial score (nSPS) is 12.3. The van der Waals surface area contributed by atoms with Gasteiger partial charge in [-0.1, -0.05) is 24.3 Å². The molecule has 0 spiro atoms. The van der Waals surface area contributed by atoms with Gasteiger partial charge >= 0.3 is 0 Å². The number of nitrogens with one attached hydrogen (secondary N) is 1. The number of hydrogen-bond donors (Lipinski definition) is 2. The molecule has 1 aromatic carbocycles. The first-order valence-corrected chi connectivity index (χ1v) is 6.10. The number of thioether (sulfide) groups is 1. The van der Waals surface area contributed by atoms with Crippen LogP contribution in [0.3, 0.4) is 0 Å². The van der Waals surface area contributed by atoms with E-state index in [9.17, 15) is 0 Å². The summed E-state index contributed by atoms with van der Waals surface area (Å²) in [5.41, 5.74) is 2.84. The van der Waals surface area contributed by atoms with Gasteiger partial charge in [0.15, 0.2) is 0 Å². The zero-order valence-corrected chi connectivity index (χ0v) is 9.67. The Morgan fingerprint density at radius 3 is 2.73 bits per heavy atom. The van der Waals surface area contributed by atoms with Crippen molar-refractivity contribution in [3.63, 3.8) is 0 Å². The highest BCUT2D eigenvalue weighted by molar-refractivity contribution is 7.99. The van der Waals surface area contributed by atoms with Crippen LogP contribution in [0, 0.1) is 0 Å². The minimum Gasteiger partial charge on any atom is -0.271 e. The van der Waals surface area contributed by atoms with Gasteiger partial charge in [0.05, 0.1) is 0 Å². The maximum atomic E-state index is 5.48. The number of nitrogens with two attached hydrogens (primary N) is 1. The van der Waals surface area contributed by atoms with E-state index >= 15 is 0 Å². The van der Waals surface area contributed by atoms with Gasteiger partial charge in [-0.2, -0.15) is 0 Å². The molecular weight excluding hydrogens is 204 g/mol. The van der Waals surface area contributed by atoms with E-state index < -0.39 is 0 Å². The van der Waals surface area contributed by atoms with Crippen LogP contribution in [0.2, 0.25) is 0 Å². The molecule has 82 valence electrons. The Labute approximate surface area is 95.9 Å². The Bertz CT molecular complexity index is 274. The second kappa shape index (κ2) is 7.51. The number of hydrogen-bond acceptors (Lipinski definition) is 3. The monoisotopic (exact) mass is 222 g/mol. The molecule has 1 aromatic rings. The summed E-state index contributed by atoms with van der Waals surface area (Å²) in [6.45, 7) is 3.71. The van der Waals surface area contributed by atoms with E-state index in [-0.39, 0.29) is 0 Å². The van der Waals surface area contributed by atoms with E-state index in [0.29, 0.717) is 6.04 Å². The Kier molecular flexibility index (Phi) is 6.16. The minimum absolute atomic E-state index is 0.355. The molecule has 0 amide bonds. The van der Waals surface area contributed by atoms with Crippen LogP contribution in [-0.2, 0) is 0 Å². The number of benzene rings is 1. The van der Waals surface area contributed by atoms with Gasteiger partial charge < -0.3 is 0 Å². The van der Waals surface area contributed by atoms with Gasteiger partial charge in [-0.05, 0) is 25.0 Å². The molecule has 0 aliphatic heterocycles. The maximum Gasteiger partial charge on any atom is 0.0307 e. The predicted octanol–water partition coefficient (Wildman–Crippen LogP) is 2.58. The van der Waals surface area contributed by atoms with Gasteiger partial charge in [0.2, 0.25) is 0 Å². The highest BCUT2D eigenvalue weighted by Gasteiger charge is 2.05. The second-order valence-corrected chi connectivity index (χ2v) is 4.45. The lowest BCUT2D eigenvalue weighted by atomic mass is 10.2. The Balaban J connectivity index is 2.31. The average molecular weight is 222 g/mol. The molecule has 1 atom stereocenters. The quantitative estimate of drug-likeness (QED) is 0.322. The molecule has 2 nitrogen and oxygen atoms in total. The third-order valence-electron chi connectivity index (χ3n) is 2.15. The molecule has 0 fully saturated rings. The van der Waals surface area contributed by atoms with Crippen molar-refractivity contribution in [2.45, 2.75) is 23.8 Å². The van der Waals surface area contributed by atoms with Crippen molar-refractivity contribution in [1.82, 2.24) is 5.43 Å². The van der Waals surface area contributed by atoms with E-state index in [1.54, 1.807) is 0 Å². The van der Waals surface area contributed by atoms with Crippen molar-refractivity contribution in [3.8, 4) is 0 Å². The summed E-state index contributed by atoms with van der Waals surface area (Å²) in [5.74, 6) is 6.47. The number of allylic oxidation sites excluding steroid dienone is 1. The van der Waals surface area contributed by atoms with Crippen LogP contribution in [0.1, 0.15) is 12.8 Å². The molecule has 0 aliphatic rings. The van der Waals surface area contributed by atoms with Crippen LogP contribution in [0.25, 0.3) is 0 Å². The summed E-state index contributed by atoms with van der Waals surface area (Å²) in [6, 6.07) is 10.7. The van der Waals surface area contributed by atoms with Crippen LogP contribution in [-0.4, -0.2) is 11.8 Å². The van der Waals surface area contributed by atoms with Crippen molar-refractivity contribution in [2.24, 2.45) is 5.84 Å². The molecule has 1 unspecified atom stereocenters. The Hall–Kier alpha value is -0.770. The lowest BCUT2D eigenvalue weighted by Crippen LogP contribution is -2.36. The highest BCUT2D eigenvalue weighted by Crippen LogP contribution is 2.18. The Morgan fingerprint density at radius 2 is 2.13 bits per heavy atom. The number of hydrazine groups is 1. The molecular formula is C12H18N2S. The summed E-state index contributed by atoms with van der Waals surface area (Å²) < 4.78 is 0. The highest BCUT2D eigenvalue weighted by atomic mass is 32.2. The first-order valence-electron chi connectivity index (χ1n) is 5.11. The second-order valence-electron chi connectivity index (χ2n) is 3.35. The van der Waals surface area contributed by atoms with Gasteiger partial charge in [-0.3, -0.25) is 11.3 Å². The van der Waals surface area contributed by atoms with Gasteiger partial charge in [0, 0.05) is 16.7 Å². The standard InChI is InChI=1S/C12H18N2S/c1-2-3-7-11(14-13)10-15-12-8-5-4-6-9-12/h2,4-6,8-9,11,14H,1,3,7,10,13H2. The fourth-order valence-electron chi connectivity index (χ4n) is 1.25. The SMILES string of the molecule is C=CCCC(CSc1ccccc1)NN. The van der Waals surface area contributed by atoms with Crippen molar-refractivity contribution in [2.75, 3.05) is 5.75 Å². The van der Waals surface area contributed by atoms with Crippen LogP contribution in [0.4, 0.5) is 0 Å². The molecule has 0 saturated carbocycles. The van der Waals surface area contributed by atoms with Gasteiger partial charge in [-0.15, -0.1) is 18.3 Å². The summed E-state index contributed by atoms with van der Waals surface area (Å²) >= 11 is 1.83. The first kappa shape index (κ1) is 12.3. The van der Waals surface area contributed by atoms with Gasteiger partial charge in [-0.25, -0.2) is 0 Å². The van der Waals surface area contributed by atoms with Gasteiger partial charge in [0.1, 0.15) is 0 Å². The largest absolute Gasteiger partial charge is 0.271 e. The van der Waals surface area contributed by atoms with E-state index in [2.05, 4.69) is 36.3 Å². The summed E-state index contributed by atoms with van der Waals surface area (Å²) in [7, 11) is 0. The third kappa shape index (κ3) is 5.02. The first-order chi connectivity index (χ1) is 7.36. The fraction of sp³-hybridized carbons (Fsp3) is 0.333. The van der Waals surface area contributed by atoms with Crippen molar-refractivity contribution in [3.05, 3.63) is 43.0 Å². The molecule has 3 heteroatoms. The van der Waals surface area contributed by atoms with E-state index in [4.69, 9.17) is 5.84 Å². The van der Waals surface area contributed by atoms with Gasteiger partial charge in [0.25, 0.3) is 0 Å². The molecule has 1 rings (SSSR count). The van der Waals surface area contributed by atoms with Crippen LogP contribution >= 0.6 is 11.8 Å². The van der Waals surface area contributed by atoms with Crippen LogP contribution in [0.5, 0.6) is 0 Å². The molecule has 0 aliphatic carbocycles. The summed E-state index contributed by atoms with van der Waals surface area (Å²) in [4.78, 5) is 1.29.